The fraction of sp³-hybridized carbons (Fsp3) is 0.300. The number of fused-ring (bicyclic) bond motifs is 1. The van der Waals surface area contributed by atoms with E-state index >= 15 is 0 Å². The molecule has 0 spiro atoms. The molecule has 0 aliphatic carbocycles. The molecule has 0 radical (unpaired) electrons. The number of unbranched alkanes of at least 4 members (excludes halogenated alkanes) is 1. The smallest absolute Gasteiger partial charge is 0.238 e. The van der Waals surface area contributed by atoms with Crippen molar-refractivity contribution in [3.63, 3.8) is 0 Å². The number of carbonyl (C=O) groups excluding carboxylic acids is 2. The maximum atomic E-state index is 13.2. The highest BCUT2D eigenvalue weighted by atomic mass is 16.2. The maximum absolute atomic E-state index is 13.2. The number of nitrogens with one attached hydrogen (secondary N) is 1. The van der Waals surface area contributed by atoms with Crippen molar-refractivity contribution in [1.82, 2.24) is 0 Å². The molecular formula is C20H21NO2. The molecule has 3 nitrogen and oxygen atoms in total. The molecule has 0 fully saturated rings. The second-order valence-electron chi connectivity index (χ2n) is 6.18. The Morgan fingerprint density at radius 3 is 2.39 bits per heavy atom. The molecule has 3 rings (SSSR count). The third kappa shape index (κ3) is 2.79. The molecule has 118 valence electrons. The zero-order valence-corrected chi connectivity index (χ0v) is 13.3. The van der Waals surface area contributed by atoms with Crippen molar-refractivity contribution < 1.29 is 9.59 Å². The van der Waals surface area contributed by atoms with E-state index in [1.807, 2.05) is 48.5 Å². The number of hydrogen-bond donors (Lipinski definition) is 1. The van der Waals surface area contributed by atoms with Crippen LogP contribution in [-0.4, -0.2) is 11.7 Å². The molecule has 2 aromatic carbocycles. The quantitative estimate of drug-likeness (QED) is 0.840. The Morgan fingerprint density at radius 2 is 1.65 bits per heavy atom. The van der Waals surface area contributed by atoms with Gasteiger partial charge in [0.2, 0.25) is 5.91 Å². The van der Waals surface area contributed by atoms with Crippen molar-refractivity contribution in [2.75, 3.05) is 5.32 Å². The minimum Gasteiger partial charge on any atom is -0.325 e. The van der Waals surface area contributed by atoms with Gasteiger partial charge in [-0.3, -0.25) is 9.59 Å². The van der Waals surface area contributed by atoms with Crippen LogP contribution in [-0.2, 0) is 11.2 Å². The van der Waals surface area contributed by atoms with E-state index in [1.54, 1.807) is 6.07 Å². The SMILES string of the molecule is CCCC[C@@]1(Cc2ccccc2)C(=O)Nc2ccccc2C1=O. The molecule has 0 aromatic heterocycles. The molecule has 23 heavy (non-hydrogen) atoms. The Kier molecular flexibility index (Phi) is 4.28. The first kappa shape index (κ1) is 15.5. The van der Waals surface area contributed by atoms with E-state index in [1.165, 1.54) is 0 Å². The molecule has 1 amide bonds. The van der Waals surface area contributed by atoms with Gasteiger partial charge in [-0.1, -0.05) is 62.2 Å². The van der Waals surface area contributed by atoms with Crippen molar-refractivity contribution >= 4 is 17.4 Å². The fourth-order valence-electron chi connectivity index (χ4n) is 3.29. The van der Waals surface area contributed by atoms with Crippen LogP contribution in [0.1, 0.15) is 42.1 Å². The van der Waals surface area contributed by atoms with E-state index < -0.39 is 5.41 Å². The lowest BCUT2D eigenvalue weighted by Gasteiger charge is -2.35. The largest absolute Gasteiger partial charge is 0.325 e. The molecule has 2 aromatic rings. The molecule has 0 saturated carbocycles. The van der Waals surface area contributed by atoms with Crippen LogP contribution >= 0.6 is 0 Å². The minimum atomic E-state index is -0.994. The van der Waals surface area contributed by atoms with E-state index in [4.69, 9.17) is 0 Å². The average Bonchev–Trinajstić information content (AvgIpc) is 2.58. The minimum absolute atomic E-state index is 0.0471. The normalized spacial score (nSPS) is 20.0. The van der Waals surface area contributed by atoms with Gasteiger partial charge in [0.05, 0.1) is 5.69 Å². The molecule has 0 bridgehead atoms. The van der Waals surface area contributed by atoms with Crippen LogP contribution in [0.25, 0.3) is 0 Å². The van der Waals surface area contributed by atoms with Crippen LogP contribution in [0.15, 0.2) is 54.6 Å². The van der Waals surface area contributed by atoms with E-state index in [0.717, 1.165) is 18.4 Å². The lowest BCUT2D eigenvalue weighted by Crippen LogP contribution is -2.48. The first-order valence-electron chi connectivity index (χ1n) is 8.16. The van der Waals surface area contributed by atoms with Gasteiger partial charge >= 0.3 is 0 Å². The number of ketones is 1. The van der Waals surface area contributed by atoms with Crippen LogP contribution in [0.3, 0.4) is 0 Å². The van der Waals surface area contributed by atoms with E-state index in [-0.39, 0.29) is 11.7 Å². The van der Waals surface area contributed by atoms with E-state index in [2.05, 4.69) is 12.2 Å². The monoisotopic (exact) mass is 307 g/mol. The van der Waals surface area contributed by atoms with Gasteiger partial charge in [0, 0.05) is 5.56 Å². The Hall–Kier alpha value is -2.42. The third-order valence-electron chi connectivity index (χ3n) is 4.60. The summed E-state index contributed by atoms with van der Waals surface area (Å²) in [4.78, 5) is 26.1. The number of benzene rings is 2. The molecule has 1 aliphatic rings. The van der Waals surface area contributed by atoms with Crippen molar-refractivity contribution in [3.05, 3.63) is 65.7 Å². The summed E-state index contributed by atoms with van der Waals surface area (Å²) in [6.45, 7) is 2.08. The van der Waals surface area contributed by atoms with Gasteiger partial charge in [0.15, 0.2) is 5.78 Å². The summed E-state index contributed by atoms with van der Waals surface area (Å²) >= 11 is 0. The number of Topliss-reactive ketones (excluding diaryl/α,β-unsaturated/α-hetero) is 1. The second kappa shape index (κ2) is 6.37. The number of carbonyl (C=O) groups is 2. The molecule has 3 heteroatoms. The van der Waals surface area contributed by atoms with Crippen LogP contribution in [0.5, 0.6) is 0 Å². The molecule has 0 saturated heterocycles. The Bertz CT molecular complexity index is 723. The summed E-state index contributed by atoms with van der Waals surface area (Å²) in [5, 5.41) is 2.95. The summed E-state index contributed by atoms with van der Waals surface area (Å²) in [6, 6.07) is 17.1. The summed E-state index contributed by atoms with van der Waals surface area (Å²) in [6.07, 6.45) is 2.84. The molecule has 0 unspecified atom stereocenters. The van der Waals surface area contributed by atoms with Gasteiger partial charge in [0.25, 0.3) is 0 Å². The van der Waals surface area contributed by atoms with Gasteiger partial charge in [-0.15, -0.1) is 0 Å². The molecular weight excluding hydrogens is 286 g/mol. The summed E-state index contributed by atoms with van der Waals surface area (Å²) in [5.41, 5.74) is 1.28. The van der Waals surface area contributed by atoms with Crippen molar-refractivity contribution in [2.45, 2.75) is 32.6 Å². The Balaban J connectivity index is 2.04. The zero-order valence-electron chi connectivity index (χ0n) is 13.3. The highest BCUT2D eigenvalue weighted by molar-refractivity contribution is 6.24. The summed E-state index contributed by atoms with van der Waals surface area (Å²) in [7, 11) is 0. The Morgan fingerprint density at radius 1 is 0.957 bits per heavy atom. The average molecular weight is 307 g/mol. The Labute approximate surface area is 136 Å². The number of amides is 1. The predicted octanol–water partition coefficient (Wildman–Crippen LogP) is 4.24. The van der Waals surface area contributed by atoms with Crippen LogP contribution in [0, 0.1) is 5.41 Å². The lowest BCUT2D eigenvalue weighted by molar-refractivity contribution is -0.123. The van der Waals surface area contributed by atoms with Gasteiger partial charge in [0.1, 0.15) is 5.41 Å². The second-order valence-corrected chi connectivity index (χ2v) is 6.18. The molecule has 1 heterocycles. The first-order valence-corrected chi connectivity index (χ1v) is 8.16. The highest BCUT2D eigenvalue weighted by Crippen LogP contribution is 2.40. The number of hydrogen-bond acceptors (Lipinski definition) is 2. The maximum Gasteiger partial charge on any atom is 0.238 e. The highest BCUT2D eigenvalue weighted by Gasteiger charge is 2.48. The fourth-order valence-corrected chi connectivity index (χ4v) is 3.29. The number of rotatable bonds is 5. The number of anilines is 1. The van der Waals surface area contributed by atoms with Crippen molar-refractivity contribution in [1.29, 1.82) is 0 Å². The third-order valence-corrected chi connectivity index (χ3v) is 4.60. The summed E-state index contributed by atoms with van der Waals surface area (Å²) in [5.74, 6) is -0.215. The predicted molar refractivity (Wildman–Crippen MR) is 91.5 cm³/mol. The van der Waals surface area contributed by atoms with Crippen molar-refractivity contribution in [2.24, 2.45) is 5.41 Å². The lowest BCUT2D eigenvalue weighted by atomic mass is 9.69. The van der Waals surface area contributed by atoms with Crippen LogP contribution < -0.4 is 5.32 Å². The molecule has 1 aliphatic heterocycles. The van der Waals surface area contributed by atoms with E-state index in [9.17, 15) is 9.59 Å². The van der Waals surface area contributed by atoms with Crippen molar-refractivity contribution in [3.8, 4) is 0 Å². The standard InChI is InChI=1S/C20H21NO2/c1-2-3-13-20(14-15-9-5-4-6-10-15)18(22)16-11-7-8-12-17(16)21-19(20)23/h4-12H,2-3,13-14H2,1H3,(H,21,23)/t20-/m0/s1. The molecule has 1 atom stereocenters. The topological polar surface area (TPSA) is 46.2 Å². The summed E-state index contributed by atoms with van der Waals surface area (Å²) < 4.78 is 0. The van der Waals surface area contributed by atoms with Gasteiger partial charge in [-0.25, -0.2) is 0 Å². The van der Waals surface area contributed by atoms with Crippen LogP contribution in [0.2, 0.25) is 0 Å². The zero-order chi connectivity index (χ0) is 16.3. The van der Waals surface area contributed by atoms with E-state index in [0.29, 0.717) is 24.1 Å². The number of para-hydroxylation sites is 1. The van der Waals surface area contributed by atoms with Gasteiger partial charge < -0.3 is 5.32 Å². The first-order chi connectivity index (χ1) is 11.2. The molecule has 1 N–H and O–H groups in total. The van der Waals surface area contributed by atoms with Gasteiger partial charge in [-0.05, 0) is 30.5 Å². The van der Waals surface area contributed by atoms with Gasteiger partial charge in [-0.2, -0.15) is 0 Å². The van der Waals surface area contributed by atoms with Crippen LogP contribution in [0.4, 0.5) is 5.69 Å².